The molecule has 0 bridgehead atoms. The lowest BCUT2D eigenvalue weighted by molar-refractivity contribution is -0.151. The minimum atomic E-state index is -1.33. The molecule has 4 rings (SSSR count). The molecule has 0 saturated carbocycles. The van der Waals surface area contributed by atoms with Crippen LogP contribution in [0.4, 0.5) is 5.13 Å². The van der Waals surface area contributed by atoms with Gasteiger partial charge in [0, 0.05) is 23.0 Å². The van der Waals surface area contributed by atoms with Gasteiger partial charge in [-0.05, 0) is 12.0 Å². The zero-order chi connectivity index (χ0) is 26.7. The molecule has 0 radical (unpaired) electrons. The Bertz CT molecular complexity index is 1280. The van der Waals surface area contributed by atoms with Gasteiger partial charge in [0.25, 0.3) is 11.8 Å². The zero-order valence-electron chi connectivity index (χ0n) is 18.8. The number of carboxylic acids is 2. The molecule has 1 saturated heterocycles. The third-order valence-corrected chi connectivity index (χ3v) is 8.86. The van der Waals surface area contributed by atoms with Gasteiger partial charge in [-0.15, -0.1) is 22.0 Å². The number of rotatable bonds is 11. The smallest absolute Gasteiger partial charge is 0.352 e. The number of amides is 2. The average molecular weight is 587 g/mol. The third kappa shape index (κ3) is 5.68. The standard InChI is InChI=1S/C18H18N8O7S4/c1-2-7(15(29)30)33-24-8(11-22-17(19)37-25-11)12(27)21-9-13(28)26-10(16(31)32)6(3-34-14(9)26)4-35-18-23-20-5-36-18/h5,7,9,14H,2-4H2,1H3,(H,21,27)(H,29,30)(H,31,32)(H2,19,22,25)/t7?,9?,14-/m1/s1. The molecule has 3 atom stereocenters. The highest BCUT2D eigenvalue weighted by Gasteiger charge is 2.54. The van der Waals surface area contributed by atoms with Crippen LogP contribution in [0, 0.1) is 0 Å². The van der Waals surface area contributed by atoms with Gasteiger partial charge in [-0.25, -0.2) is 9.59 Å². The van der Waals surface area contributed by atoms with Crippen molar-refractivity contribution >= 4 is 81.0 Å². The number of anilines is 1. The molecule has 196 valence electrons. The van der Waals surface area contributed by atoms with Crippen LogP contribution < -0.4 is 11.1 Å². The summed E-state index contributed by atoms with van der Waals surface area (Å²) >= 11 is 4.72. The van der Waals surface area contributed by atoms with Crippen LogP contribution in [0.15, 0.2) is 26.3 Å². The van der Waals surface area contributed by atoms with Crippen molar-refractivity contribution in [2.45, 2.75) is 35.2 Å². The van der Waals surface area contributed by atoms with E-state index in [0.29, 0.717) is 21.4 Å². The number of nitrogens with two attached hydrogens (primary N) is 1. The summed E-state index contributed by atoms with van der Waals surface area (Å²) in [5.74, 6) is -3.65. The molecule has 2 amide bonds. The van der Waals surface area contributed by atoms with Crippen LogP contribution in [-0.4, -0.2) is 93.2 Å². The molecule has 5 N–H and O–H groups in total. The molecule has 4 heterocycles. The SMILES string of the molecule is CCC(ON=C(C(=O)NC1C(=O)N2C(C(=O)O)=C(CSc3nncs3)CS[C@H]12)c1nsc(N)n1)C(=O)O. The van der Waals surface area contributed by atoms with E-state index in [4.69, 9.17) is 10.6 Å². The monoisotopic (exact) mass is 586 g/mol. The molecule has 15 nitrogen and oxygen atoms in total. The van der Waals surface area contributed by atoms with Gasteiger partial charge in [0.05, 0.1) is 0 Å². The number of thioether (sulfide) groups is 2. The fraction of sp³-hybridized carbons (Fsp3) is 0.389. The number of carbonyl (C=O) groups excluding carboxylic acids is 2. The van der Waals surface area contributed by atoms with Crippen molar-refractivity contribution < 1.29 is 34.2 Å². The lowest BCUT2D eigenvalue weighted by Gasteiger charge is -2.49. The minimum Gasteiger partial charge on any atom is -0.478 e. The Balaban J connectivity index is 1.51. The van der Waals surface area contributed by atoms with Gasteiger partial charge < -0.3 is 26.1 Å². The van der Waals surface area contributed by atoms with Crippen molar-refractivity contribution in [2.24, 2.45) is 5.16 Å². The van der Waals surface area contributed by atoms with Gasteiger partial charge in [0.2, 0.25) is 17.6 Å². The Labute approximate surface area is 224 Å². The number of nitrogens with zero attached hydrogens (tertiary/aromatic N) is 6. The molecule has 2 unspecified atom stereocenters. The maximum Gasteiger partial charge on any atom is 0.352 e. The lowest BCUT2D eigenvalue weighted by Crippen LogP contribution is -2.71. The average Bonchev–Trinajstić information content (AvgIpc) is 3.54. The van der Waals surface area contributed by atoms with Gasteiger partial charge in [0.15, 0.2) is 9.47 Å². The quantitative estimate of drug-likeness (QED) is 0.119. The summed E-state index contributed by atoms with van der Waals surface area (Å²) in [5.41, 5.74) is 7.11. The second-order valence-electron chi connectivity index (χ2n) is 7.35. The molecular weight excluding hydrogens is 569 g/mol. The summed E-state index contributed by atoms with van der Waals surface area (Å²) in [6.07, 6.45) is -1.26. The van der Waals surface area contributed by atoms with E-state index in [-0.39, 0.29) is 23.1 Å². The largest absolute Gasteiger partial charge is 0.478 e. The maximum atomic E-state index is 13.1. The van der Waals surface area contributed by atoms with Crippen LogP contribution in [0.1, 0.15) is 19.2 Å². The first-order valence-electron chi connectivity index (χ1n) is 10.4. The zero-order valence-corrected chi connectivity index (χ0v) is 22.0. The number of aromatic nitrogens is 4. The van der Waals surface area contributed by atoms with E-state index in [2.05, 4.69) is 30.0 Å². The van der Waals surface area contributed by atoms with Crippen molar-refractivity contribution in [1.82, 2.24) is 29.8 Å². The van der Waals surface area contributed by atoms with Crippen LogP contribution in [-0.2, 0) is 24.0 Å². The minimum absolute atomic E-state index is 0.0321. The summed E-state index contributed by atoms with van der Waals surface area (Å²) in [6, 6.07) is -1.06. The van der Waals surface area contributed by atoms with E-state index in [1.165, 1.54) is 34.9 Å². The van der Waals surface area contributed by atoms with E-state index in [1.54, 1.807) is 12.4 Å². The Morgan fingerprint density at radius 2 is 2.19 bits per heavy atom. The number of β-lactam (4-membered cyclic amide) rings is 1. The fourth-order valence-electron chi connectivity index (χ4n) is 3.30. The van der Waals surface area contributed by atoms with Crippen LogP contribution in [0.3, 0.4) is 0 Å². The molecule has 19 heteroatoms. The predicted molar refractivity (Wildman–Crippen MR) is 134 cm³/mol. The second kappa shape index (κ2) is 11.4. The van der Waals surface area contributed by atoms with Crippen molar-refractivity contribution in [1.29, 1.82) is 0 Å². The summed E-state index contributed by atoms with van der Waals surface area (Å²) in [5, 5.41) is 32.2. The molecular formula is C18H18N8O7S4. The number of carbonyl (C=O) groups is 4. The maximum absolute atomic E-state index is 13.1. The summed E-state index contributed by atoms with van der Waals surface area (Å²) in [7, 11) is 0. The van der Waals surface area contributed by atoms with E-state index in [0.717, 1.165) is 16.4 Å². The van der Waals surface area contributed by atoms with Gasteiger partial charge in [0.1, 0.15) is 22.6 Å². The highest BCUT2D eigenvalue weighted by atomic mass is 32.2. The normalized spacial score (nSPS) is 20.2. The topological polar surface area (TPSA) is 223 Å². The number of nitrogens with one attached hydrogen (secondary N) is 1. The van der Waals surface area contributed by atoms with Gasteiger partial charge in [-0.2, -0.15) is 9.36 Å². The third-order valence-electron chi connectivity index (χ3n) is 5.03. The molecule has 37 heavy (non-hydrogen) atoms. The first-order valence-corrected chi connectivity index (χ1v) is 14.1. The van der Waals surface area contributed by atoms with E-state index < -0.39 is 47.0 Å². The number of carboxylic acid groups (broad SMARTS) is 2. The molecule has 0 aromatic carbocycles. The molecule has 2 aromatic heterocycles. The first kappa shape index (κ1) is 26.8. The van der Waals surface area contributed by atoms with E-state index >= 15 is 0 Å². The van der Waals surface area contributed by atoms with Gasteiger partial charge >= 0.3 is 11.9 Å². The Kier molecular flexibility index (Phi) is 8.25. The molecule has 1 fully saturated rings. The lowest BCUT2D eigenvalue weighted by atomic mass is 10.0. The molecule has 2 aliphatic rings. The number of oxime groups is 1. The molecule has 0 spiro atoms. The molecule has 2 aromatic rings. The Hall–Kier alpha value is -3.29. The van der Waals surface area contributed by atoms with Crippen LogP contribution in [0.5, 0.6) is 0 Å². The van der Waals surface area contributed by atoms with Gasteiger partial charge in [-0.3, -0.25) is 14.5 Å². The van der Waals surface area contributed by atoms with Crippen molar-refractivity contribution in [3.05, 3.63) is 22.6 Å². The fourth-order valence-corrected chi connectivity index (χ4v) is 6.71. The summed E-state index contributed by atoms with van der Waals surface area (Å²) in [6.45, 7) is 1.56. The van der Waals surface area contributed by atoms with E-state index in [9.17, 15) is 29.4 Å². The second-order valence-corrected chi connectivity index (χ2v) is 11.3. The van der Waals surface area contributed by atoms with Crippen LogP contribution >= 0.6 is 46.4 Å². The van der Waals surface area contributed by atoms with Gasteiger partial charge in [-0.1, -0.05) is 35.2 Å². The highest BCUT2D eigenvalue weighted by Crippen LogP contribution is 2.41. The van der Waals surface area contributed by atoms with Crippen LogP contribution in [0.25, 0.3) is 0 Å². The number of nitrogen functional groups attached to an aromatic ring is 1. The first-order chi connectivity index (χ1) is 17.7. The van der Waals surface area contributed by atoms with Crippen molar-refractivity contribution in [3.63, 3.8) is 0 Å². The molecule has 2 aliphatic heterocycles. The van der Waals surface area contributed by atoms with Crippen LogP contribution in [0.2, 0.25) is 0 Å². The van der Waals surface area contributed by atoms with E-state index in [1.807, 2.05) is 0 Å². The summed E-state index contributed by atoms with van der Waals surface area (Å²) < 4.78 is 4.58. The Morgan fingerprint density at radius 1 is 1.41 bits per heavy atom. The number of hydrogen-bond donors (Lipinski definition) is 4. The Morgan fingerprint density at radius 3 is 2.78 bits per heavy atom. The van der Waals surface area contributed by atoms with Crippen molar-refractivity contribution in [3.8, 4) is 0 Å². The highest BCUT2D eigenvalue weighted by molar-refractivity contribution is 8.01. The van der Waals surface area contributed by atoms with Crippen molar-refractivity contribution in [2.75, 3.05) is 17.2 Å². The number of aliphatic carboxylic acids is 2. The molecule has 0 aliphatic carbocycles. The number of hydrogen-bond acceptors (Lipinski definition) is 15. The number of fused-ring (bicyclic) bond motifs is 1. The summed E-state index contributed by atoms with van der Waals surface area (Å²) in [4.78, 5) is 59.3. The predicted octanol–water partition coefficient (Wildman–Crippen LogP) is 0.0866.